The highest BCUT2D eigenvalue weighted by atomic mass is 79.9. The molecule has 0 spiro atoms. The lowest BCUT2D eigenvalue weighted by Gasteiger charge is -2.13. The maximum Gasteiger partial charge on any atom is 0.125 e. The molecule has 0 saturated carbocycles. The van der Waals surface area contributed by atoms with Crippen LogP contribution in [0.15, 0.2) is 40.9 Å². The van der Waals surface area contributed by atoms with E-state index in [9.17, 15) is 4.39 Å². The molecule has 0 atom stereocenters. The van der Waals surface area contributed by atoms with Crippen LogP contribution in [0.3, 0.4) is 0 Å². The van der Waals surface area contributed by atoms with Crippen molar-refractivity contribution < 1.29 is 4.39 Å². The van der Waals surface area contributed by atoms with Crippen molar-refractivity contribution in [2.24, 2.45) is 0 Å². The third kappa shape index (κ3) is 2.69. The van der Waals surface area contributed by atoms with Crippen LogP contribution < -0.4 is 5.32 Å². The van der Waals surface area contributed by atoms with E-state index in [1.807, 2.05) is 32.0 Å². The van der Waals surface area contributed by atoms with Gasteiger partial charge in [0.25, 0.3) is 0 Å². The second-order valence-corrected chi connectivity index (χ2v) is 6.32. The maximum absolute atomic E-state index is 13.4. The van der Waals surface area contributed by atoms with Crippen LogP contribution in [0.1, 0.15) is 11.3 Å². The Morgan fingerprint density at radius 3 is 2.68 bits per heavy atom. The highest BCUT2D eigenvalue weighted by Gasteiger charge is 2.11. The Morgan fingerprint density at radius 2 is 1.91 bits per heavy atom. The van der Waals surface area contributed by atoms with Crippen LogP contribution in [0.25, 0.3) is 10.9 Å². The molecule has 3 aromatic rings. The third-order valence-corrected chi connectivity index (χ3v) is 4.80. The first-order valence-corrected chi connectivity index (χ1v) is 7.92. The smallest absolute Gasteiger partial charge is 0.125 e. The summed E-state index contributed by atoms with van der Waals surface area (Å²) < 4.78 is 14.2. The number of anilines is 2. The van der Waals surface area contributed by atoms with Crippen molar-refractivity contribution in [3.8, 4) is 0 Å². The number of fused-ring (bicyclic) bond motifs is 1. The minimum Gasteiger partial charge on any atom is -0.353 e. The molecule has 3 rings (SSSR count). The summed E-state index contributed by atoms with van der Waals surface area (Å²) in [6.45, 7) is 3.88. The number of hydrogen-bond acceptors (Lipinski definition) is 2. The normalized spacial score (nSPS) is 11.0. The van der Waals surface area contributed by atoms with Crippen molar-refractivity contribution in [1.82, 2.24) is 4.98 Å². The van der Waals surface area contributed by atoms with Crippen LogP contribution in [-0.4, -0.2) is 4.98 Å². The fourth-order valence-electron chi connectivity index (χ4n) is 2.29. The quantitative estimate of drug-likeness (QED) is 0.577. The molecule has 2 aromatic carbocycles. The molecular formula is C17H13BrClFN2. The van der Waals surface area contributed by atoms with E-state index >= 15 is 0 Å². The first kappa shape index (κ1) is 15.3. The Hall–Kier alpha value is -1.65. The lowest BCUT2D eigenvalue weighted by molar-refractivity contribution is 0.628. The van der Waals surface area contributed by atoms with Crippen molar-refractivity contribution in [1.29, 1.82) is 0 Å². The van der Waals surface area contributed by atoms with Gasteiger partial charge in [-0.05, 0) is 59.6 Å². The Bertz CT molecular complexity index is 880. The largest absolute Gasteiger partial charge is 0.353 e. The van der Waals surface area contributed by atoms with Crippen molar-refractivity contribution in [2.75, 3.05) is 5.32 Å². The van der Waals surface area contributed by atoms with Gasteiger partial charge in [-0.15, -0.1) is 0 Å². The number of hydrogen-bond donors (Lipinski definition) is 1. The number of rotatable bonds is 2. The van der Waals surface area contributed by atoms with Crippen molar-refractivity contribution >= 4 is 49.8 Å². The molecule has 2 nitrogen and oxygen atoms in total. The molecule has 0 unspecified atom stereocenters. The predicted octanol–water partition coefficient (Wildman–Crippen LogP) is 6.15. The van der Waals surface area contributed by atoms with Crippen LogP contribution in [0.4, 0.5) is 15.8 Å². The number of benzene rings is 2. The molecule has 0 fully saturated rings. The zero-order valence-electron chi connectivity index (χ0n) is 12.0. The van der Waals surface area contributed by atoms with E-state index in [-0.39, 0.29) is 5.82 Å². The van der Waals surface area contributed by atoms with E-state index in [1.165, 1.54) is 12.1 Å². The van der Waals surface area contributed by atoms with Crippen LogP contribution in [0, 0.1) is 19.7 Å². The van der Waals surface area contributed by atoms with Gasteiger partial charge in [0.05, 0.1) is 21.9 Å². The van der Waals surface area contributed by atoms with E-state index in [0.29, 0.717) is 10.7 Å². The van der Waals surface area contributed by atoms with Gasteiger partial charge in [-0.3, -0.25) is 4.98 Å². The molecule has 0 amide bonds. The molecule has 5 heteroatoms. The summed E-state index contributed by atoms with van der Waals surface area (Å²) in [7, 11) is 0. The van der Waals surface area contributed by atoms with E-state index in [1.54, 1.807) is 6.07 Å². The first-order valence-electron chi connectivity index (χ1n) is 6.75. The molecule has 0 radical (unpaired) electrons. The second kappa shape index (κ2) is 5.86. The van der Waals surface area contributed by atoms with Crippen molar-refractivity contribution in [2.45, 2.75) is 13.8 Å². The molecule has 1 aromatic heterocycles. The summed E-state index contributed by atoms with van der Waals surface area (Å²) in [5, 5.41) is 4.80. The number of nitrogens with one attached hydrogen (secondary N) is 1. The zero-order chi connectivity index (χ0) is 15.9. The highest BCUT2D eigenvalue weighted by molar-refractivity contribution is 9.10. The van der Waals surface area contributed by atoms with Crippen LogP contribution in [0.2, 0.25) is 5.02 Å². The molecule has 0 saturated heterocycles. The Labute approximate surface area is 141 Å². The number of nitrogens with zero attached hydrogens (tertiary/aromatic N) is 1. The summed E-state index contributed by atoms with van der Waals surface area (Å²) in [6, 6.07) is 10.2. The molecule has 1 N–H and O–H groups in total. The second-order valence-electron chi connectivity index (χ2n) is 5.09. The van der Waals surface area contributed by atoms with E-state index in [4.69, 9.17) is 11.6 Å². The summed E-state index contributed by atoms with van der Waals surface area (Å²) in [5.41, 5.74) is 4.05. The summed E-state index contributed by atoms with van der Waals surface area (Å²) in [6.07, 6.45) is 0. The molecule has 0 aliphatic heterocycles. The lowest BCUT2D eigenvalue weighted by Crippen LogP contribution is -1.97. The Kier molecular flexibility index (Phi) is 4.06. The predicted molar refractivity (Wildman–Crippen MR) is 93.6 cm³/mol. The zero-order valence-corrected chi connectivity index (χ0v) is 14.4. The van der Waals surface area contributed by atoms with Crippen molar-refractivity contribution in [3.63, 3.8) is 0 Å². The minimum atomic E-state index is -0.302. The van der Waals surface area contributed by atoms with Gasteiger partial charge in [0.15, 0.2) is 0 Å². The maximum atomic E-state index is 13.4. The van der Waals surface area contributed by atoms with Crippen LogP contribution >= 0.6 is 27.5 Å². The van der Waals surface area contributed by atoms with Gasteiger partial charge in [0, 0.05) is 15.6 Å². The number of aromatic nitrogens is 1. The standard InChI is InChI=1S/C17H13BrClFN2/c1-9-10(2)21-17-12(16(9)19)4-3-5-14(17)22-15-8-11(20)6-7-13(15)18/h3-8,22H,1-2H3. The van der Waals surface area contributed by atoms with Gasteiger partial charge in [-0.25, -0.2) is 4.39 Å². The molecule has 0 aliphatic rings. The molecule has 112 valence electrons. The third-order valence-electron chi connectivity index (χ3n) is 3.62. The van der Waals surface area contributed by atoms with Gasteiger partial charge in [0.1, 0.15) is 5.82 Å². The topological polar surface area (TPSA) is 24.9 Å². The first-order chi connectivity index (χ1) is 10.5. The van der Waals surface area contributed by atoms with E-state index in [2.05, 4.69) is 26.2 Å². The average molecular weight is 380 g/mol. The SMILES string of the molecule is Cc1nc2c(Nc3cc(F)ccc3Br)cccc2c(Cl)c1C. The Morgan fingerprint density at radius 1 is 1.14 bits per heavy atom. The van der Waals surface area contributed by atoms with Crippen LogP contribution in [-0.2, 0) is 0 Å². The summed E-state index contributed by atoms with van der Waals surface area (Å²) in [5.74, 6) is -0.302. The van der Waals surface area contributed by atoms with Gasteiger partial charge in [0.2, 0.25) is 0 Å². The minimum absolute atomic E-state index is 0.302. The van der Waals surface area contributed by atoms with Crippen LogP contribution in [0.5, 0.6) is 0 Å². The van der Waals surface area contributed by atoms with E-state index in [0.717, 1.165) is 32.3 Å². The number of halogens is 3. The van der Waals surface area contributed by atoms with E-state index < -0.39 is 0 Å². The molecular weight excluding hydrogens is 367 g/mol. The molecule has 1 heterocycles. The van der Waals surface area contributed by atoms with Gasteiger partial charge >= 0.3 is 0 Å². The summed E-state index contributed by atoms with van der Waals surface area (Å²) in [4.78, 5) is 4.63. The monoisotopic (exact) mass is 378 g/mol. The average Bonchev–Trinajstić information content (AvgIpc) is 2.49. The lowest BCUT2D eigenvalue weighted by atomic mass is 10.1. The van der Waals surface area contributed by atoms with Gasteiger partial charge in [-0.2, -0.15) is 0 Å². The molecule has 22 heavy (non-hydrogen) atoms. The number of pyridine rings is 1. The fraction of sp³-hybridized carbons (Fsp3) is 0.118. The number of aryl methyl sites for hydroxylation is 1. The molecule has 0 bridgehead atoms. The summed E-state index contributed by atoms with van der Waals surface area (Å²) >= 11 is 9.84. The number of para-hydroxylation sites is 1. The fourth-order valence-corrected chi connectivity index (χ4v) is 2.93. The van der Waals surface area contributed by atoms with Gasteiger partial charge < -0.3 is 5.32 Å². The molecule has 0 aliphatic carbocycles. The van der Waals surface area contributed by atoms with Gasteiger partial charge in [-0.1, -0.05) is 23.7 Å². The van der Waals surface area contributed by atoms with Crippen molar-refractivity contribution in [3.05, 3.63) is 63.0 Å². The highest BCUT2D eigenvalue weighted by Crippen LogP contribution is 2.34. The Balaban J connectivity index is 2.17.